The molecular formula is C13H19NO2. The Morgan fingerprint density at radius 3 is 2.56 bits per heavy atom. The minimum Gasteiger partial charge on any atom is -0.275 e. The lowest BCUT2D eigenvalue weighted by Gasteiger charge is -2.13. The summed E-state index contributed by atoms with van der Waals surface area (Å²) in [5, 5.41) is 1.28. The van der Waals surface area contributed by atoms with Gasteiger partial charge in [0.05, 0.1) is 7.11 Å². The predicted molar refractivity (Wildman–Crippen MR) is 63.8 cm³/mol. The number of amides is 1. The number of nitrogens with zero attached hydrogens (tertiary/aromatic N) is 1. The van der Waals surface area contributed by atoms with Gasteiger partial charge in [-0.15, -0.1) is 0 Å². The van der Waals surface area contributed by atoms with E-state index in [1.54, 1.807) is 7.05 Å². The van der Waals surface area contributed by atoms with E-state index in [9.17, 15) is 4.79 Å². The van der Waals surface area contributed by atoms with Crippen LogP contribution in [0.15, 0.2) is 30.3 Å². The number of benzene rings is 1. The quantitative estimate of drug-likeness (QED) is 0.545. The van der Waals surface area contributed by atoms with Gasteiger partial charge < -0.3 is 0 Å². The minimum atomic E-state index is 0.0376. The molecule has 0 bridgehead atoms. The maximum Gasteiger partial charge on any atom is 0.245 e. The lowest BCUT2D eigenvalue weighted by atomic mass is 10.1. The molecule has 1 aromatic carbocycles. The van der Waals surface area contributed by atoms with Crippen molar-refractivity contribution in [3.63, 3.8) is 0 Å². The van der Waals surface area contributed by atoms with Gasteiger partial charge in [0.25, 0.3) is 0 Å². The fourth-order valence-electron chi connectivity index (χ4n) is 1.51. The van der Waals surface area contributed by atoms with Gasteiger partial charge in [-0.05, 0) is 24.8 Å². The third-order valence-electron chi connectivity index (χ3n) is 2.57. The van der Waals surface area contributed by atoms with Gasteiger partial charge in [0, 0.05) is 13.5 Å². The van der Waals surface area contributed by atoms with Crippen LogP contribution in [0, 0.1) is 0 Å². The van der Waals surface area contributed by atoms with E-state index in [0.717, 1.165) is 19.3 Å². The highest BCUT2D eigenvalue weighted by molar-refractivity contribution is 5.74. The molecule has 3 nitrogen and oxygen atoms in total. The smallest absolute Gasteiger partial charge is 0.245 e. The standard InChI is InChI=1S/C13H19NO2/c1-14(16-2)13(15)11-7-6-10-12-8-4-3-5-9-12/h3-5,8-9H,6-7,10-11H2,1-2H3. The molecule has 16 heavy (non-hydrogen) atoms. The van der Waals surface area contributed by atoms with Gasteiger partial charge in [-0.25, -0.2) is 5.06 Å². The number of hydroxylamine groups is 2. The Bertz CT molecular complexity index is 311. The highest BCUT2D eigenvalue weighted by Crippen LogP contribution is 2.07. The fourth-order valence-corrected chi connectivity index (χ4v) is 1.51. The van der Waals surface area contributed by atoms with Crippen LogP contribution < -0.4 is 0 Å². The van der Waals surface area contributed by atoms with Crippen LogP contribution in [0.3, 0.4) is 0 Å². The van der Waals surface area contributed by atoms with Gasteiger partial charge >= 0.3 is 0 Å². The number of carbonyl (C=O) groups excluding carboxylic acids is 1. The molecule has 0 heterocycles. The Morgan fingerprint density at radius 2 is 1.94 bits per heavy atom. The van der Waals surface area contributed by atoms with Gasteiger partial charge in [-0.3, -0.25) is 9.63 Å². The fraction of sp³-hybridized carbons (Fsp3) is 0.462. The van der Waals surface area contributed by atoms with Crippen LogP contribution in [0.2, 0.25) is 0 Å². The second-order valence-electron chi connectivity index (χ2n) is 3.77. The second-order valence-corrected chi connectivity index (χ2v) is 3.77. The van der Waals surface area contributed by atoms with Crippen molar-refractivity contribution in [3.8, 4) is 0 Å². The molecule has 3 heteroatoms. The zero-order chi connectivity index (χ0) is 11.8. The van der Waals surface area contributed by atoms with E-state index in [2.05, 4.69) is 12.1 Å². The SMILES string of the molecule is CON(C)C(=O)CCCCc1ccccc1. The zero-order valence-electron chi connectivity index (χ0n) is 9.98. The summed E-state index contributed by atoms with van der Waals surface area (Å²) in [6, 6.07) is 10.3. The molecule has 1 rings (SSSR count). The highest BCUT2D eigenvalue weighted by atomic mass is 16.7. The summed E-state index contributed by atoms with van der Waals surface area (Å²) in [6.45, 7) is 0. The molecule has 0 saturated carbocycles. The molecule has 1 aromatic rings. The molecular weight excluding hydrogens is 202 g/mol. The number of aryl methyl sites for hydroxylation is 1. The van der Waals surface area contributed by atoms with Crippen LogP contribution in [0.1, 0.15) is 24.8 Å². The van der Waals surface area contributed by atoms with Crippen LogP contribution in [0.4, 0.5) is 0 Å². The Kier molecular flexibility index (Phi) is 5.57. The van der Waals surface area contributed by atoms with E-state index in [-0.39, 0.29) is 5.91 Å². The molecule has 0 aliphatic heterocycles. The molecule has 0 unspecified atom stereocenters. The van der Waals surface area contributed by atoms with Crippen molar-refractivity contribution in [2.75, 3.05) is 14.2 Å². The molecule has 88 valence electrons. The van der Waals surface area contributed by atoms with Gasteiger partial charge in [0.15, 0.2) is 0 Å². The van der Waals surface area contributed by atoms with Crippen LogP contribution in [-0.4, -0.2) is 25.1 Å². The summed E-state index contributed by atoms with van der Waals surface area (Å²) in [6.07, 6.45) is 3.52. The van der Waals surface area contributed by atoms with Crippen molar-refractivity contribution in [1.82, 2.24) is 5.06 Å². The molecule has 0 aliphatic carbocycles. The summed E-state index contributed by atoms with van der Waals surface area (Å²) in [5.41, 5.74) is 1.33. The predicted octanol–water partition coefficient (Wildman–Crippen LogP) is 2.42. The highest BCUT2D eigenvalue weighted by Gasteiger charge is 2.06. The van der Waals surface area contributed by atoms with Crippen LogP contribution in [0.5, 0.6) is 0 Å². The van der Waals surface area contributed by atoms with E-state index < -0.39 is 0 Å². The van der Waals surface area contributed by atoms with E-state index in [1.165, 1.54) is 17.7 Å². The molecule has 0 N–H and O–H groups in total. The van der Waals surface area contributed by atoms with Crippen LogP contribution in [-0.2, 0) is 16.1 Å². The average Bonchev–Trinajstić information content (AvgIpc) is 2.34. The van der Waals surface area contributed by atoms with E-state index in [0.29, 0.717) is 6.42 Å². The van der Waals surface area contributed by atoms with E-state index >= 15 is 0 Å². The summed E-state index contributed by atoms with van der Waals surface area (Å²) in [7, 11) is 3.14. The number of rotatable bonds is 6. The van der Waals surface area contributed by atoms with E-state index in [1.807, 2.05) is 18.2 Å². The normalized spacial score (nSPS) is 10.1. The van der Waals surface area contributed by atoms with Gasteiger partial charge in [-0.2, -0.15) is 0 Å². The van der Waals surface area contributed by atoms with Crippen molar-refractivity contribution >= 4 is 5.91 Å². The van der Waals surface area contributed by atoms with Crippen LogP contribution in [0.25, 0.3) is 0 Å². The van der Waals surface area contributed by atoms with Crippen molar-refractivity contribution < 1.29 is 9.63 Å². The molecule has 0 aliphatic rings. The Morgan fingerprint density at radius 1 is 1.25 bits per heavy atom. The average molecular weight is 221 g/mol. The first kappa shape index (κ1) is 12.7. The van der Waals surface area contributed by atoms with Gasteiger partial charge in [0.1, 0.15) is 0 Å². The molecule has 0 radical (unpaired) electrons. The zero-order valence-corrected chi connectivity index (χ0v) is 9.98. The van der Waals surface area contributed by atoms with Crippen molar-refractivity contribution in [3.05, 3.63) is 35.9 Å². The summed E-state index contributed by atoms with van der Waals surface area (Å²) in [5.74, 6) is 0.0376. The molecule has 0 atom stereocenters. The minimum absolute atomic E-state index is 0.0376. The first-order valence-electron chi connectivity index (χ1n) is 5.58. The monoisotopic (exact) mass is 221 g/mol. The summed E-state index contributed by atoms with van der Waals surface area (Å²) in [4.78, 5) is 16.2. The lowest BCUT2D eigenvalue weighted by molar-refractivity contribution is -0.168. The third-order valence-corrected chi connectivity index (χ3v) is 2.57. The van der Waals surface area contributed by atoms with Crippen molar-refractivity contribution in [2.45, 2.75) is 25.7 Å². The van der Waals surface area contributed by atoms with Gasteiger partial charge in [0.2, 0.25) is 5.91 Å². The third kappa shape index (κ3) is 4.45. The van der Waals surface area contributed by atoms with Gasteiger partial charge in [-0.1, -0.05) is 30.3 Å². The topological polar surface area (TPSA) is 29.5 Å². The molecule has 1 amide bonds. The maximum atomic E-state index is 11.4. The van der Waals surface area contributed by atoms with Crippen LogP contribution >= 0.6 is 0 Å². The van der Waals surface area contributed by atoms with Crippen molar-refractivity contribution in [1.29, 1.82) is 0 Å². The number of hydrogen-bond donors (Lipinski definition) is 0. The summed E-state index contributed by atoms with van der Waals surface area (Å²) >= 11 is 0. The van der Waals surface area contributed by atoms with Crippen molar-refractivity contribution in [2.24, 2.45) is 0 Å². The molecule has 0 aromatic heterocycles. The second kappa shape index (κ2) is 7.01. The Balaban J connectivity index is 2.15. The number of unbranched alkanes of at least 4 members (excludes halogenated alkanes) is 1. The maximum absolute atomic E-state index is 11.4. The van der Waals surface area contributed by atoms with E-state index in [4.69, 9.17) is 4.84 Å². The largest absolute Gasteiger partial charge is 0.275 e. The number of carbonyl (C=O) groups is 1. The Hall–Kier alpha value is -1.35. The molecule has 0 fully saturated rings. The molecule has 0 saturated heterocycles. The summed E-state index contributed by atoms with van der Waals surface area (Å²) < 4.78 is 0. The Labute approximate surface area is 97.0 Å². The molecule has 0 spiro atoms. The first-order valence-corrected chi connectivity index (χ1v) is 5.58. The first-order chi connectivity index (χ1) is 7.74. The number of hydrogen-bond acceptors (Lipinski definition) is 2. The lowest BCUT2D eigenvalue weighted by Crippen LogP contribution is -2.24.